The molecule has 0 saturated carbocycles. The van der Waals surface area contributed by atoms with E-state index in [0.717, 1.165) is 17.1 Å². The maximum Gasteiger partial charge on any atom is 0.0725 e. The third kappa shape index (κ3) is 4.52. The van der Waals surface area contributed by atoms with Crippen molar-refractivity contribution >= 4 is 27.8 Å². The Morgan fingerprint density at radius 2 is 0.741 bits per heavy atom. The molecule has 0 aromatic heterocycles. The first-order valence-corrected chi connectivity index (χ1v) is 18.8. The molecule has 0 bridgehead atoms. The molecule has 0 unspecified atom stereocenters. The van der Waals surface area contributed by atoms with E-state index in [1.165, 1.54) is 77.5 Å². The van der Waals surface area contributed by atoms with Crippen molar-refractivity contribution in [2.45, 2.75) is 5.41 Å². The lowest BCUT2D eigenvalue weighted by Crippen LogP contribution is -2.25. The van der Waals surface area contributed by atoms with Crippen LogP contribution in [-0.2, 0) is 5.41 Å². The third-order valence-electron chi connectivity index (χ3n) is 11.7. The van der Waals surface area contributed by atoms with E-state index in [9.17, 15) is 0 Å². The number of nitrogens with zero attached hydrogens (tertiary/aromatic N) is 1. The van der Waals surface area contributed by atoms with Crippen LogP contribution in [0.5, 0.6) is 0 Å². The van der Waals surface area contributed by atoms with E-state index in [1.54, 1.807) is 0 Å². The van der Waals surface area contributed by atoms with E-state index < -0.39 is 0 Å². The van der Waals surface area contributed by atoms with Crippen LogP contribution in [0.4, 0.5) is 17.1 Å². The molecule has 0 radical (unpaired) electrons. The van der Waals surface area contributed by atoms with Crippen molar-refractivity contribution in [3.63, 3.8) is 0 Å². The lowest BCUT2D eigenvalue weighted by atomic mass is 9.70. The number of hydrogen-bond donors (Lipinski definition) is 0. The fourth-order valence-electron chi connectivity index (χ4n) is 9.30. The molecule has 0 amide bonds. The summed E-state index contributed by atoms with van der Waals surface area (Å²) in [6.45, 7) is 0. The largest absolute Gasteiger partial charge is 0.310 e. The number of rotatable bonds is 5. The zero-order valence-corrected chi connectivity index (χ0v) is 29.7. The van der Waals surface area contributed by atoms with Gasteiger partial charge in [-0.3, -0.25) is 0 Å². The fraction of sp³-hybridized carbons (Fsp3) is 0.0189. The third-order valence-corrected chi connectivity index (χ3v) is 11.7. The standard InChI is InChI=1S/C53H35N/c1-2-13-36(14-3-1)38-25-29-42(30-26-38)54(44-31-27-37-15-4-5-16-39(37)33-44)43-18-12-17-40(34-43)41-28-32-48-47-21-8-11-24-51(47)53(52(48)35-41)49-22-9-6-19-45(49)46-20-7-10-23-50(46)53/h1-35H. The molecule has 9 aromatic carbocycles. The van der Waals surface area contributed by atoms with Gasteiger partial charge >= 0.3 is 0 Å². The SMILES string of the molecule is c1ccc(-c2ccc(N(c3cccc(-c4ccc5c(c4)C4(c6ccccc6-c6ccccc64)c4ccccc4-5)c3)c3ccc4ccccc4c3)cc2)cc1. The molecule has 9 aromatic rings. The number of anilines is 3. The molecular weight excluding hydrogens is 651 g/mol. The van der Waals surface area contributed by atoms with E-state index in [-0.39, 0.29) is 5.41 Å². The van der Waals surface area contributed by atoms with Crippen molar-refractivity contribution in [3.8, 4) is 44.5 Å². The van der Waals surface area contributed by atoms with Crippen molar-refractivity contribution in [2.75, 3.05) is 4.90 Å². The quantitative estimate of drug-likeness (QED) is 0.174. The first-order chi connectivity index (χ1) is 26.8. The van der Waals surface area contributed by atoms with Crippen LogP contribution < -0.4 is 4.90 Å². The Bertz CT molecular complexity index is 2820. The molecule has 2 aliphatic rings. The van der Waals surface area contributed by atoms with Crippen LogP contribution >= 0.6 is 0 Å². The summed E-state index contributed by atoms with van der Waals surface area (Å²) in [7, 11) is 0. The molecule has 54 heavy (non-hydrogen) atoms. The van der Waals surface area contributed by atoms with Gasteiger partial charge in [0.1, 0.15) is 0 Å². The Morgan fingerprint density at radius 3 is 1.43 bits per heavy atom. The average Bonchev–Trinajstić information content (AvgIpc) is 3.72. The molecule has 252 valence electrons. The van der Waals surface area contributed by atoms with E-state index in [1.807, 2.05) is 0 Å². The Labute approximate surface area is 316 Å². The minimum atomic E-state index is -0.371. The summed E-state index contributed by atoms with van der Waals surface area (Å²) in [6, 6.07) is 78.2. The van der Waals surface area contributed by atoms with Gasteiger partial charge in [-0.1, -0.05) is 170 Å². The molecule has 0 atom stereocenters. The van der Waals surface area contributed by atoms with Gasteiger partial charge in [0.15, 0.2) is 0 Å². The van der Waals surface area contributed by atoms with Crippen LogP contribution in [0.2, 0.25) is 0 Å². The van der Waals surface area contributed by atoms with Crippen LogP contribution in [0.3, 0.4) is 0 Å². The predicted octanol–water partition coefficient (Wildman–Crippen LogP) is 14.0. The summed E-state index contributed by atoms with van der Waals surface area (Å²) >= 11 is 0. The molecule has 0 aliphatic heterocycles. The minimum Gasteiger partial charge on any atom is -0.310 e. The molecule has 0 saturated heterocycles. The van der Waals surface area contributed by atoms with Gasteiger partial charge in [-0.2, -0.15) is 0 Å². The van der Waals surface area contributed by atoms with Gasteiger partial charge < -0.3 is 4.90 Å². The highest BCUT2D eigenvalue weighted by Crippen LogP contribution is 2.63. The summed E-state index contributed by atoms with van der Waals surface area (Å²) in [6.07, 6.45) is 0. The van der Waals surface area contributed by atoms with Crippen LogP contribution in [0.25, 0.3) is 55.3 Å². The molecule has 0 N–H and O–H groups in total. The highest BCUT2D eigenvalue weighted by molar-refractivity contribution is 5.96. The van der Waals surface area contributed by atoms with E-state index in [0.29, 0.717) is 0 Å². The topological polar surface area (TPSA) is 3.24 Å². The second-order valence-electron chi connectivity index (χ2n) is 14.5. The first-order valence-electron chi connectivity index (χ1n) is 18.8. The van der Waals surface area contributed by atoms with Gasteiger partial charge in [0.05, 0.1) is 5.41 Å². The van der Waals surface area contributed by atoms with Gasteiger partial charge in [0.25, 0.3) is 0 Å². The molecular formula is C53H35N. The van der Waals surface area contributed by atoms with Crippen molar-refractivity contribution < 1.29 is 0 Å². The molecule has 1 nitrogen and oxygen atoms in total. The van der Waals surface area contributed by atoms with Crippen molar-refractivity contribution in [3.05, 3.63) is 235 Å². The van der Waals surface area contributed by atoms with E-state index >= 15 is 0 Å². The number of hydrogen-bond acceptors (Lipinski definition) is 1. The zero-order chi connectivity index (χ0) is 35.6. The molecule has 11 rings (SSSR count). The summed E-state index contributed by atoms with van der Waals surface area (Å²) in [5.41, 5.74) is 18.5. The van der Waals surface area contributed by atoms with E-state index in [4.69, 9.17) is 0 Å². The summed E-state index contributed by atoms with van der Waals surface area (Å²) < 4.78 is 0. The Hall–Kier alpha value is -6.96. The molecule has 0 heterocycles. The molecule has 1 spiro atoms. The van der Waals surface area contributed by atoms with Crippen molar-refractivity contribution in [2.24, 2.45) is 0 Å². The highest BCUT2D eigenvalue weighted by atomic mass is 15.1. The Kier molecular flexibility index (Phi) is 6.84. The minimum absolute atomic E-state index is 0.371. The first kappa shape index (κ1) is 30.6. The molecule has 0 fully saturated rings. The number of fused-ring (bicyclic) bond motifs is 11. The smallest absolute Gasteiger partial charge is 0.0725 e. The fourth-order valence-corrected chi connectivity index (χ4v) is 9.30. The second kappa shape index (κ2) is 12.0. The lowest BCUT2D eigenvalue weighted by Gasteiger charge is -2.30. The van der Waals surface area contributed by atoms with Crippen LogP contribution in [0.15, 0.2) is 212 Å². The van der Waals surface area contributed by atoms with Gasteiger partial charge in [0.2, 0.25) is 0 Å². The van der Waals surface area contributed by atoms with Crippen molar-refractivity contribution in [1.82, 2.24) is 0 Å². The number of benzene rings is 9. The summed E-state index contributed by atoms with van der Waals surface area (Å²) in [4.78, 5) is 2.39. The van der Waals surface area contributed by atoms with Crippen molar-refractivity contribution in [1.29, 1.82) is 0 Å². The summed E-state index contributed by atoms with van der Waals surface area (Å²) in [5, 5.41) is 2.45. The Morgan fingerprint density at radius 1 is 0.259 bits per heavy atom. The zero-order valence-electron chi connectivity index (χ0n) is 29.7. The molecule has 1 heteroatoms. The van der Waals surface area contributed by atoms with Crippen LogP contribution in [0, 0.1) is 0 Å². The van der Waals surface area contributed by atoms with Crippen LogP contribution in [0.1, 0.15) is 22.3 Å². The average molecular weight is 686 g/mol. The van der Waals surface area contributed by atoms with Gasteiger partial charge in [-0.05, 0) is 120 Å². The van der Waals surface area contributed by atoms with Gasteiger partial charge in [-0.15, -0.1) is 0 Å². The molecule has 2 aliphatic carbocycles. The van der Waals surface area contributed by atoms with E-state index in [2.05, 4.69) is 217 Å². The lowest BCUT2D eigenvalue weighted by molar-refractivity contribution is 0.794. The van der Waals surface area contributed by atoms with Gasteiger partial charge in [0, 0.05) is 17.1 Å². The van der Waals surface area contributed by atoms with Crippen LogP contribution in [-0.4, -0.2) is 0 Å². The highest BCUT2D eigenvalue weighted by Gasteiger charge is 2.51. The predicted molar refractivity (Wildman–Crippen MR) is 226 cm³/mol. The Balaban J connectivity index is 1.08. The summed E-state index contributed by atoms with van der Waals surface area (Å²) in [5.74, 6) is 0. The second-order valence-corrected chi connectivity index (χ2v) is 14.5. The van der Waals surface area contributed by atoms with Gasteiger partial charge in [-0.25, -0.2) is 0 Å². The monoisotopic (exact) mass is 685 g/mol. The maximum absolute atomic E-state index is 2.47. The maximum atomic E-state index is 2.47. The normalized spacial score (nSPS) is 13.0.